The number of nitrogens with zero attached hydrogens (tertiary/aromatic N) is 1. The predicted octanol–water partition coefficient (Wildman–Crippen LogP) is 2.23. The lowest BCUT2D eigenvalue weighted by atomic mass is 10.3. The summed E-state index contributed by atoms with van der Waals surface area (Å²) in [5.41, 5.74) is 1.21. The molecule has 0 radical (unpaired) electrons. The molecule has 0 amide bonds. The molecule has 1 aromatic carbocycles. The van der Waals surface area contributed by atoms with E-state index in [1.165, 1.54) is 12.1 Å². The minimum atomic E-state index is -3.72. The predicted molar refractivity (Wildman–Crippen MR) is 72.9 cm³/mol. The molecule has 0 atom stereocenters. The summed E-state index contributed by atoms with van der Waals surface area (Å²) < 4.78 is 28.5. The number of benzene rings is 1. The Morgan fingerprint density at radius 3 is 2.68 bits per heavy atom. The van der Waals surface area contributed by atoms with Gasteiger partial charge in [0.25, 0.3) is 0 Å². The molecule has 0 saturated carbocycles. The largest absolute Gasteiger partial charge is 0.446 e. The molecule has 0 spiro atoms. The summed E-state index contributed by atoms with van der Waals surface area (Å²) >= 11 is 3.21. The number of halogens is 1. The molecule has 19 heavy (non-hydrogen) atoms. The molecule has 3 N–H and O–H groups in total. The highest BCUT2D eigenvalue weighted by Gasteiger charge is 2.12. The third kappa shape index (κ3) is 2.29. The molecule has 0 aliphatic rings. The molecule has 2 aromatic heterocycles. The quantitative estimate of drug-likeness (QED) is 0.745. The number of nitrogens with two attached hydrogens (primary N) is 1. The van der Waals surface area contributed by atoms with Crippen molar-refractivity contribution in [1.29, 1.82) is 0 Å². The fourth-order valence-electron chi connectivity index (χ4n) is 1.72. The van der Waals surface area contributed by atoms with Crippen LogP contribution in [0.25, 0.3) is 22.6 Å². The van der Waals surface area contributed by atoms with E-state index in [1.807, 2.05) is 0 Å². The number of furan rings is 1. The van der Waals surface area contributed by atoms with Gasteiger partial charge < -0.3 is 9.40 Å². The highest BCUT2D eigenvalue weighted by atomic mass is 79.9. The second-order valence-corrected chi connectivity index (χ2v) is 6.26. The van der Waals surface area contributed by atoms with E-state index in [1.54, 1.807) is 18.2 Å². The number of aromatic nitrogens is 2. The van der Waals surface area contributed by atoms with Crippen LogP contribution < -0.4 is 5.14 Å². The Bertz CT molecular complexity index is 866. The first-order valence-electron chi connectivity index (χ1n) is 5.22. The minimum Gasteiger partial charge on any atom is -0.446 e. The number of hydrogen-bond donors (Lipinski definition) is 2. The monoisotopic (exact) mass is 341 g/mol. The van der Waals surface area contributed by atoms with Crippen molar-refractivity contribution in [2.45, 2.75) is 4.90 Å². The third-order valence-corrected chi connectivity index (χ3v) is 3.93. The highest BCUT2D eigenvalue weighted by Crippen LogP contribution is 2.25. The van der Waals surface area contributed by atoms with Crippen LogP contribution in [0.5, 0.6) is 0 Å². The molecular formula is C11H8BrN3O3S. The summed E-state index contributed by atoms with van der Waals surface area (Å²) in [6, 6.07) is 7.95. The van der Waals surface area contributed by atoms with Gasteiger partial charge in [-0.2, -0.15) is 0 Å². The first kappa shape index (κ1) is 12.4. The highest BCUT2D eigenvalue weighted by molar-refractivity contribution is 9.10. The number of sulfonamides is 1. The number of rotatable bonds is 2. The second-order valence-electron chi connectivity index (χ2n) is 3.91. The Morgan fingerprint density at radius 1 is 1.26 bits per heavy atom. The van der Waals surface area contributed by atoms with Crippen molar-refractivity contribution in [2.75, 3.05) is 0 Å². The van der Waals surface area contributed by atoms with Crippen LogP contribution in [-0.4, -0.2) is 18.4 Å². The number of fused-ring (bicyclic) bond motifs is 1. The van der Waals surface area contributed by atoms with E-state index in [0.29, 0.717) is 27.3 Å². The van der Waals surface area contributed by atoms with Crippen LogP contribution in [0.3, 0.4) is 0 Å². The van der Waals surface area contributed by atoms with Crippen LogP contribution in [0.15, 0.2) is 44.3 Å². The molecule has 6 nitrogen and oxygen atoms in total. The number of aromatic amines is 1. The zero-order valence-corrected chi connectivity index (χ0v) is 11.8. The lowest BCUT2D eigenvalue weighted by Gasteiger charge is -1.96. The molecule has 0 unspecified atom stereocenters. The summed E-state index contributed by atoms with van der Waals surface area (Å²) in [6.07, 6.45) is 0. The van der Waals surface area contributed by atoms with Gasteiger partial charge in [-0.1, -0.05) is 0 Å². The average Bonchev–Trinajstić information content (AvgIpc) is 2.92. The Balaban J connectivity index is 2.16. The molecule has 3 rings (SSSR count). The van der Waals surface area contributed by atoms with Gasteiger partial charge in [-0.3, -0.25) is 0 Å². The van der Waals surface area contributed by atoms with Gasteiger partial charge in [0.2, 0.25) is 10.0 Å². The van der Waals surface area contributed by atoms with Crippen molar-refractivity contribution >= 4 is 37.0 Å². The van der Waals surface area contributed by atoms with Crippen LogP contribution in [0.2, 0.25) is 0 Å². The number of H-pyrrole nitrogens is 1. The Hall–Kier alpha value is -1.64. The van der Waals surface area contributed by atoms with E-state index in [4.69, 9.17) is 9.56 Å². The maximum Gasteiger partial charge on any atom is 0.238 e. The SMILES string of the molecule is NS(=O)(=O)c1ccc2nc(-c3ccc(Br)o3)[nH]c2c1. The molecule has 2 heterocycles. The maximum absolute atomic E-state index is 11.3. The fourth-order valence-corrected chi connectivity index (χ4v) is 2.57. The van der Waals surface area contributed by atoms with E-state index in [2.05, 4.69) is 25.9 Å². The first-order chi connectivity index (χ1) is 8.93. The number of nitrogens with one attached hydrogen (secondary N) is 1. The molecule has 0 aliphatic heterocycles. The van der Waals surface area contributed by atoms with E-state index in [0.717, 1.165) is 0 Å². The van der Waals surface area contributed by atoms with Gasteiger partial charge in [-0.05, 0) is 46.3 Å². The molecule has 8 heteroatoms. The molecule has 0 aliphatic carbocycles. The van der Waals surface area contributed by atoms with Crippen LogP contribution in [0.1, 0.15) is 0 Å². The van der Waals surface area contributed by atoms with Crippen molar-refractivity contribution < 1.29 is 12.8 Å². The van der Waals surface area contributed by atoms with Gasteiger partial charge in [0.1, 0.15) is 0 Å². The van der Waals surface area contributed by atoms with Crippen molar-refractivity contribution in [3.05, 3.63) is 35.0 Å². The molecular weight excluding hydrogens is 334 g/mol. The van der Waals surface area contributed by atoms with Crippen molar-refractivity contribution in [1.82, 2.24) is 9.97 Å². The van der Waals surface area contributed by atoms with Crippen molar-refractivity contribution in [3.8, 4) is 11.6 Å². The van der Waals surface area contributed by atoms with Gasteiger partial charge in [0.05, 0.1) is 15.9 Å². The van der Waals surface area contributed by atoms with E-state index < -0.39 is 10.0 Å². The number of hydrogen-bond acceptors (Lipinski definition) is 4. The van der Waals surface area contributed by atoms with Crippen molar-refractivity contribution in [2.24, 2.45) is 5.14 Å². The van der Waals surface area contributed by atoms with Gasteiger partial charge in [0.15, 0.2) is 16.3 Å². The lowest BCUT2D eigenvalue weighted by Crippen LogP contribution is -2.11. The number of imidazole rings is 1. The van der Waals surface area contributed by atoms with Crippen molar-refractivity contribution in [3.63, 3.8) is 0 Å². The fraction of sp³-hybridized carbons (Fsp3) is 0. The third-order valence-electron chi connectivity index (χ3n) is 2.59. The van der Waals surface area contributed by atoms with Gasteiger partial charge in [0, 0.05) is 0 Å². The van der Waals surface area contributed by atoms with E-state index in [9.17, 15) is 8.42 Å². The lowest BCUT2D eigenvalue weighted by molar-refractivity contribution is 0.552. The maximum atomic E-state index is 11.3. The molecule has 3 aromatic rings. The Labute approximate surface area is 116 Å². The van der Waals surface area contributed by atoms with E-state index >= 15 is 0 Å². The van der Waals surface area contributed by atoms with Crippen LogP contribution in [-0.2, 0) is 10.0 Å². The molecule has 0 saturated heterocycles. The Kier molecular flexibility index (Phi) is 2.73. The molecule has 98 valence electrons. The topological polar surface area (TPSA) is 102 Å². The number of primary sulfonamides is 1. The standard InChI is InChI=1S/C11H8BrN3O3S/c12-10-4-3-9(18-10)11-14-7-2-1-6(19(13,16)17)5-8(7)15-11/h1-5H,(H,14,15)(H2,13,16,17). The summed E-state index contributed by atoms with van der Waals surface area (Å²) in [7, 11) is -3.72. The smallest absolute Gasteiger partial charge is 0.238 e. The van der Waals surface area contributed by atoms with E-state index in [-0.39, 0.29) is 4.90 Å². The van der Waals surface area contributed by atoms with Gasteiger partial charge in [-0.25, -0.2) is 18.5 Å². The molecule has 0 fully saturated rings. The molecule has 0 bridgehead atoms. The Morgan fingerprint density at radius 2 is 2.05 bits per heavy atom. The van der Waals surface area contributed by atoms with Crippen LogP contribution in [0.4, 0.5) is 0 Å². The summed E-state index contributed by atoms with van der Waals surface area (Å²) in [4.78, 5) is 7.34. The van der Waals surface area contributed by atoms with Crippen LogP contribution >= 0.6 is 15.9 Å². The zero-order chi connectivity index (χ0) is 13.6. The normalized spacial score (nSPS) is 12.1. The summed E-state index contributed by atoms with van der Waals surface area (Å²) in [6.45, 7) is 0. The van der Waals surface area contributed by atoms with Gasteiger partial charge >= 0.3 is 0 Å². The first-order valence-corrected chi connectivity index (χ1v) is 7.56. The average molecular weight is 342 g/mol. The van der Waals surface area contributed by atoms with Gasteiger partial charge in [-0.15, -0.1) is 0 Å². The summed E-state index contributed by atoms with van der Waals surface area (Å²) in [5, 5.41) is 5.08. The second kappa shape index (κ2) is 4.19. The minimum absolute atomic E-state index is 0.0378. The summed E-state index contributed by atoms with van der Waals surface area (Å²) in [5.74, 6) is 1.08. The van der Waals surface area contributed by atoms with Crippen LogP contribution in [0, 0.1) is 0 Å². The zero-order valence-electron chi connectivity index (χ0n) is 9.42.